The molecule has 0 fully saturated rings. The van der Waals surface area contributed by atoms with Crippen molar-refractivity contribution in [2.45, 2.75) is 58.8 Å². The van der Waals surface area contributed by atoms with Crippen LogP contribution in [0.2, 0.25) is 0 Å². The van der Waals surface area contributed by atoms with Gasteiger partial charge in [0.1, 0.15) is 6.04 Å². The normalized spacial score (nSPS) is 14.8. The summed E-state index contributed by atoms with van der Waals surface area (Å²) in [5, 5.41) is 8.47. The number of hydrogen-bond donors (Lipinski definition) is 1. The Bertz CT molecular complexity index is 1130. The minimum Gasteiger partial charge on any atom is -0.493 e. The lowest BCUT2D eigenvalue weighted by Gasteiger charge is -2.29. The highest BCUT2D eigenvalue weighted by molar-refractivity contribution is 7.99. The van der Waals surface area contributed by atoms with Gasteiger partial charge in [0.15, 0.2) is 18.1 Å². The molecule has 1 amide bonds. The quantitative estimate of drug-likeness (QED) is 0.351. The number of allylic oxidation sites excluding steroid dienone is 1. The summed E-state index contributed by atoms with van der Waals surface area (Å²) in [6, 6.07) is 4.78. The molecule has 0 spiro atoms. The molecule has 1 aromatic carbocycles. The molecule has 2 aromatic rings. The number of ether oxygens (including phenoxy) is 3. The number of amides is 1. The van der Waals surface area contributed by atoms with Crippen molar-refractivity contribution in [2.24, 2.45) is 0 Å². The number of anilines is 1. The smallest absolute Gasteiger partial charge is 0.338 e. The molecule has 10 nitrogen and oxygen atoms in total. The van der Waals surface area contributed by atoms with E-state index in [1.807, 2.05) is 47.6 Å². The van der Waals surface area contributed by atoms with E-state index >= 15 is 0 Å². The monoisotopic (exact) mass is 517 g/mol. The van der Waals surface area contributed by atoms with Crippen LogP contribution in [0.1, 0.15) is 53.1 Å². The highest BCUT2D eigenvalue weighted by atomic mass is 32.2. The van der Waals surface area contributed by atoms with Crippen molar-refractivity contribution in [1.29, 1.82) is 0 Å². The third-order valence-electron chi connectivity index (χ3n) is 5.64. The number of hydrogen-bond acceptors (Lipinski definition) is 9. The standard InChI is InChI=1S/C25H35N5O5S/c1-8-29(9-2)20(31)14-34-18-12-11-17(13-19(18)33-7)22-21(23(32)35-15(4)5)16(6)26-24-27-25(36-10-3)28-30(22)24/h11-13,15,22H,8-10,14H2,1-7H3,(H,26,27,28). The molecule has 2 heterocycles. The zero-order valence-corrected chi connectivity index (χ0v) is 22.8. The minimum atomic E-state index is -0.591. The van der Waals surface area contributed by atoms with Gasteiger partial charge in [-0.3, -0.25) is 4.79 Å². The van der Waals surface area contributed by atoms with Gasteiger partial charge in [-0.2, -0.15) is 4.98 Å². The molecule has 1 aromatic heterocycles. The van der Waals surface area contributed by atoms with Gasteiger partial charge in [0.05, 0.1) is 18.8 Å². The van der Waals surface area contributed by atoms with Gasteiger partial charge in [-0.25, -0.2) is 9.48 Å². The Labute approximate surface area is 216 Å². The van der Waals surface area contributed by atoms with Crippen LogP contribution in [0.4, 0.5) is 5.95 Å². The molecule has 36 heavy (non-hydrogen) atoms. The number of benzene rings is 1. The van der Waals surface area contributed by atoms with Crippen LogP contribution in [0.3, 0.4) is 0 Å². The van der Waals surface area contributed by atoms with E-state index in [1.165, 1.54) is 18.9 Å². The second kappa shape index (κ2) is 12.2. The van der Waals surface area contributed by atoms with Crippen LogP contribution in [0.15, 0.2) is 34.6 Å². The van der Waals surface area contributed by atoms with Gasteiger partial charge < -0.3 is 24.4 Å². The van der Waals surface area contributed by atoms with Crippen molar-refractivity contribution >= 4 is 29.6 Å². The van der Waals surface area contributed by atoms with Gasteiger partial charge in [-0.15, -0.1) is 5.10 Å². The SMILES string of the molecule is CCSc1nc2n(n1)C(c1ccc(OCC(=O)N(CC)CC)c(OC)c1)C(C(=O)OC(C)C)=C(C)N2. The molecule has 1 aliphatic heterocycles. The van der Waals surface area contributed by atoms with Gasteiger partial charge in [0.2, 0.25) is 11.1 Å². The fourth-order valence-corrected chi connectivity index (χ4v) is 4.51. The number of nitrogens with one attached hydrogen (secondary N) is 1. The largest absolute Gasteiger partial charge is 0.493 e. The Balaban J connectivity index is 2.01. The van der Waals surface area contributed by atoms with Gasteiger partial charge in [-0.05, 0) is 58.1 Å². The predicted octanol–water partition coefficient (Wildman–Crippen LogP) is 3.89. The maximum atomic E-state index is 13.2. The van der Waals surface area contributed by atoms with Gasteiger partial charge >= 0.3 is 5.97 Å². The molecule has 1 N–H and O–H groups in total. The molecule has 0 saturated heterocycles. The lowest BCUT2D eigenvalue weighted by atomic mass is 9.95. The fourth-order valence-electron chi connectivity index (χ4n) is 3.95. The fraction of sp³-hybridized carbons (Fsp3) is 0.520. The van der Waals surface area contributed by atoms with Crippen molar-refractivity contribution in [2.75, 3.05) is 37.9 Å². The van der Waals surface area contributed by atoms with Crippen molar-refractivity contribution < 1.29 is 23.8 Å². The van der Waals surface area contributed by atoms with Gasteiger partial charge in [0.25, 0.3) is 5.91 Å². The van der Waals surface area contributed by atoms with Crippen LogP contribution in [0.25, 0.3) is 0 Å². The van der Waals surface area contributed by atoms with Crippen molar-refractivity contribution in [3.05, 3.63) is 35.0 Å². The van der Waals surface area contributed by atoms with E-state index in [-0.39, 0.29) is 18.6 Å². The second-order valence-corrected chi connectivity index (χ2v) is 9.61. The summed E-state index contributed by atoms with van der Waals surface area (Å²) in [7, 11) is 1.53. The highest BCUT2D eigenvalue weighted by Crippen LogP contribution is 2.40. The third-order valence-corrected chi connectivity index (χ3v) is 6.36. The number of nitrogens with zero attached hydrogens (tertiary/aromatic N) is 4. The number of carbonyl (C=O) groups excluding carboxylic acids is 2. The molecule has 0 radical (unpaired) electrons. The average molecular weight is 518 g/mol. The number of fused-ring (bicyclic) bond motifs is 1. The summed E-state index contributed by atoms with van der Waals surface area (Å²) < 4.78 is 18.7. The number of likely N-dealkylation sites (N-methyl/N-ethyl adjacent to an activating group) is 1. The molecular weight excluding hydrogens is 482 g/mol. The molecule has 196 valence electrons. The molecule has 0 bridgehead atoms. The Kier molecular flexibility index (Phi) is 9.25. The number of methoxy groups -OCH3 is 1. The zero-order valence-electron chi connectivity index (χ0n) is 22.0. The summed E-state index contributed by atoms with van der Waals surface area (Å²) in [5.74, 6) is 1.69. The highest BCUT2D eigenvalue weighted by Gasteiger charge is 2.36. The molecule has 1 unspecified atom stereocenters. The predicted molar refractivity (Wildman–Crippen MR) is 139 cm³/mol. The van der Waals surface area contributed by atoms with Crippen LogP contribution in [0, 0.1) is 0 Å². The molecule has 0 saturated carbocycles. The Morgan fingerprint density at radius 2 is 1.92 bits per heavy atom. The molecule has 0 aliphatic carbocycles. The maximum Gasteiger partial charge on any atom is 0.338 e. The van der Waals surface area contributed by atoms with Crippen LogP contribution in [-0.2, 0) is 14.3 Å². The summed E-state index contributed by atoms with van der Waals surface area (Å²) in [6.07, 6.45) is -0.282. The maximum absolute atomic E-state index is 13.2. The van der Waals surface area contributed by atoms with Crippen molar-refractivity contribution in [1.82, 2.24) is 19.7 Å². The molecular formula is C25H35N5O5S. The summed E-state index contributed by atoms with van der Waals surface area (Å²) in [6.45, 7) is 12.5. The second-order valence-electron chi connectivity index (χ2n) is 8.38. The Hall–Kier alpha value is -3.21. The minimum absolute atomic E-state index is 0.0967. The number of rotatable bonds is 11. The summed E-state index contributed by atoms with van der Waals surface area (Å²) in [4.78, 5) is 31.9. The van der Waals surface area contributed by atoms with E-state index in [9.17, 15) is 9.59 Å². The topological polar surface area (TPSA) is 108 Å². The Morgan fingerprint density at radius 3 is 2.53 bits per heavy atom. The van der Waals surface area contributed by atoms with Crippen LogP contribution < -0.4 is 14.8 Å². The molecule has 3 rings (SSSR count). The summed E-state index contributed by atoms with van der Waals surface area (Å²) >= 11 is 1.51. The van der Waals surface area contributed by atoms with Crippen LogP contribution >= 0.6 is 11.8 Å². The van der Waals surface area contributed by atoms with E-state index in [1.54, 1.807) is 21.7 Å². The average Bonchev–Trinajstić information content (AvgIpc) is 3.24. The molecule has 1 atom stereocenters. The molecule has 11 heteroatoms. The molecule has 1 aliphatic rings. The Morgan fingerprint density at radius 1 is 1.19 bits per heavy atom. The first-order valence-electron chi connectivity index (χ1n) is 12.1. The van der Waals surface area contributed by atoms with E-state index in [0.29, 0.717) is 47.0 Å². The van der Waals surface area contributed by atoms with Gasteiger partial charge in [-0.1, -0.05) is 24.8 Å². The summed E-state index contributed by atoms with van der Waals surface area (Å²) in [5.41, 5.74) is 1.81. The van der Waals surface area contributed by atoms with Crippen molar-refractivity contribution in [3.63, 3.8) is 0 Å². The van der Waals surface area contributed by atoms with Gasteiger partial charge in [0, 0.05) is 18.8 Å². The van der Waals surface area contributed by atoms with Crippen LogP contribution in [0.5, 0.6) is 11.5 Å². The first-order valence-corrected chi connectivity index (χ1v) is 13.1. The lowest BCUT2D eigenvalue weighted by molar-refractivity contribution is -0.143. The number of aromatic nitrogens is 3. The van der Waals surface area contributed by atoms with E-state index < -0.39 is 12.0 Å². The lowest BCUT2D eigenvalue weighted by Crippen LogP contribution is -2.34. The van der Waals surface area contributed by atoms with E-state index in [0.717, 1.165) is 11.3 Å². The number of esters is 1. The first kappa shape index (κ1) is 27.4. The number of thioether (sulfide) groups is 1. The third kappa shape index (κ3) is 5.95. The van der Waals surface area contributed by atoms with E-state index in [2.05, 4.69) is 15.4 Å². The number of carbonyl (C=O) groups is 2. The van der Waals surface area contributed by atoms with Crippen molar-refractivity contribution in [3.8, 4) is 11.5 Å². The first-order chi connectivity index (χ1) is 17.2. The zero-order chi connectivity index (χ0) is 26.4. The van der Waals surface area contributed by atoms with Crippen LogP contribution in [-0.4, -0.2) is 70.2 Å². The van der Waals surface area contributed by atoms with E-state index in [4.69, 9.17) is 14.2 Å².